The lowest BCUT2D eigenvalue weighted by Crippen LogP contribution is -2.33. The summed E-state index contributed by atoms with van der Waals surface area (Å²) in [7, 11) is -4.16. The number of rotatable bonds is 4. The SMILES string of the molecule is O=C(Nc1ccc(-n2c(O)c3cc(Br)ccc3cc2=O)cc1)NS(=O)(=O)c1cc(Cl)c(Cl)s1. The largest absolute Gasteiger partial charge is 0.494 e. The summed E-state index contributed by atoms with van der Waals surface area (Å²) >= 11 is 15.6. The van der Waals surface area contributed by atoms with Gasteiger partial charge in [0.1, 0.15) is 8.55 Å². The maximum atomic E-state index is 12.5. The second-order valence-electron chi connectivity index (χ2n) is 6.67. The minimum absolute atomic E-state index is 0.0672. The predicted molar refractivity (Wildman–Crippen MR) is 133 cm³/mol. The summed E-state index contributed by atoms with van der Waals surface area (Å²) in [6.45, 7) is 0. The fourth-order valence-corrected chi connectivity index (χ4v) is 6.15. The van der Waals surface area contributed by atoms with E-state index < -0.39 is 21.6 Å². The van der Waals surface area contributed by atoms with Gasteiger partial charge in [-0.3, -0.25) is 4.79 Å². The number of urea groups is 1. The fourth-order valence-electron chi connectivity index (χ4n) is 3.00. The van der Waals surface area contributed by atoms with E-state index in [1.54, 1.807) is 18.2 Å². The van der Waals surface area contributed by atoms with Crippen LogP contribution in [-0.2, 0) is 10.0 Å². The minimum Gasteiger partial charge on any atom is -0.494 e. The molecular weight excluding hydrogens is 577 g/mol. The molecular formula is C20H12BrCl2N3O5S2. The van der Waals surface area contributed by atoms with E-state index in [0.29, 0.717) is 16.5 Å². The zero-order chi connectivity index (χ0) is 23.9. The maximum Gasteiger partial charge on any atom is 0.333 e. The van der Waals surface area contributed by atoms with Crippen LogP contribution in [-0.4, -0.2) is 24.1 Å². The van der Waals surface area contributed by atoms with Crippen LogP contribution < -0.4 is 15.6 Å². The Labute approximate surface area is 209 Å². The molecule has 2 amide bonds. The zero-order valence-electron chi connectivity index (χ0n) is 16.2. The van der Waals surface area contributed by atoms with Gasteiger partial charge in [0.2, 0.25) is 5.88 Å². The second kappa shape index (κ2) is 8.99. The lowest BCUT2D eigenvalue weighted by atomic mass is 10.1. The molecule has 0 aliphatic rings. The standard InChI is InChI=1S/C20H12BrCl2N3O5S2/c21-11-2-1-10-7-16(27)26(19(28)14(10)8-11)13-5-3-12(4-6-13)24-20(29)25-33(30,31)17-9-15(22)18(23)32-17/h1-9,28H,(H2,24,25,29). The first-order chi connectivity index (χ1) is 15.5. The monoisotopic (exact) mass is 587 g/mol. The third-order valence-corrected chi connectivity index (χ3v) is 8.63. The highest BCUT2D eigenvalue weighted by Crippen LogP contribution is 2.34. The summed E-state index contributed by atoms with van der Waals surface area (Å²) in [6, 6.07) is 12.6. The van der Waals surface area contributed by atoms with E-state index in [4.69, 9.17) is 23.2 Å². The van der Waals surface area contributed by atoms with Crippen LogP contribution in [0.2, 0.25) is 9.36 Å². The summed E-state index contributed by atoms with van der Waals surface area (Å²) in [5.41, 5.74) is 0.158. The van der Waals surface area contributed by atoms with Gasteiger partial charge in [-0.1, -0.05) is 45.2 Å². The van der Waals surface area contributed by atoms with Gasteiger partial charge in [0.05, 0.1) is 10.7 Å². The Balaban J connectivity index is 1.55. The number of thiophene rings is 1. The molecule has 0 fully saturated rings. The fraction of sp³-hybridized carbons (Fsp3) is 0. The lowest BCUT2D eigenvalue weighted by molar-refractivity contribution is 0.256. The molecule has 0 atom stereocenters. The van der Waals surface area contributed by atoms with E-state index >= 15 is 0 Å². The molecule has 4 aromatic rings. The molecule has 0 radical (unpaired) electrons. The van der Waals surface area contributed by atoms with Gasteiger partial charge in [-0.15, -0.1) is 11.3 Å². The van der Waals surface area contributed by atoms with E-state index in [1.165, 1.54) is 30.3 Å². The second-order valence-corrected chi connectivity index (χ2v) is 11.6. The quantitative estimate of drug-likeness (QED) is 0.297. The average Bonchev–Trinajstić information content (AvgIpc) is 3.09. The number of fused-ring (bicyclic) bond motifs is 1. The molecule has 0 bridgehead atoms. The number of carbonyl (C=O) groups excluding carboxylic acids is 1. The minimum atomic E-state index is -4.16. The molecule has 0 unspecified atom stereocenters. The average molecular weight is 589 g/mol. The van der Waals surface area contributed by atoms with E-state index in [1.807, 2.05) is 4.72 Å². The smallest absolute Gasteiger partial charge is 0.333 e. The number of aromatic hydroxyl groups is 1. The van der Waals surface area contributed by atoms with Crippen LogP contribution in [0.15, 0.2) is 68.1 Å². The molecule has 2 aromatic heterocycles. The topological polar surface area (TPSA) is 118 Å². The lowest BCUT2D eigenvalue weighted by Gasteiger charge is -2.12. The first-order valence-electron chi connectivity index (χ1n) is 8.98. The van der Waals surface area contributed by atoms with Crippen molar-refractivity contribution in [1.29, 1.82) is 0 Å². The number of aromatic nitrogens is 1. The summed E-state index contributed by atoms with van der Waals surface area (Å²) < 4.78 is 28.2. The van der Waals surface area contributed by atoms with Gasteiger partial charge >= 0.3 is 6.03 Å². The van der Waals surface area contributed by atoms with Crippen molar-refractivity contribution in [1.82, 2.24) is 9.29 Å². The van der Waals surface area contributed by atoms with Gasteiger partial charge in [0, 0.05) is 21.6 Å². The normalized spacial score (nSPS) is 11.5. The number of sulfonamides is 1. The number of nitrogens with one attached hydrogen (secondary N) is 2. The van der Waals surface area contributed by atoms with Crippen molar-refractivity contribution >= 4 is 83.0 Å². The van der Waals surface area contributed by atoms with E-state index in [0.717, 1.165) is 26.4 Å². The van der Waals surface area contributed by atoms with E-state index in [9.17, 15) is 23.1 Å². The molecule has 13 heteroatoms. The highest BCUT2D eigenvalue weighted by atomic mass is 79.9. The summed E-state index contributed by atoms with van der Waals surface area (Å²) in [5, 5.41) is 14.2. The van der Waals surface area contributed by atoms with Gasteiger partial charge in [-0.2, -0.15) is 0 Å². The molecule has 33 heavy (non-hydrogen) atoms. The Morgan fingerprint density at radius 1 is 1.06 bits per heavy atom. The number of nitrogens with zero attached hydrogens (tertiary/aromatic N) is 1. The molecule has 4 rings (SSSR count). The van der Waals surface area contributed by atoms with Gasteiger partial charge in [0.15, 0.2) is 0 Å². The Morgan fingerprint density at radius 3 is 2.39 bits per heavy atom. The number of benzene rings is 2. The van der Waals surface area contributed by atoms with Crippen LogP contribution in [0.1, 0.15) is 0 Å². The number of hydrogen-bond acceptors (Lipinski definition) is 6. The molecule has 0 aliphatic heterocycles. The number of anilines is 1. The van der Waals surface area contributed by atoms with Crippen molar-refractivity contribution in [2.45, 2.75) is 4.21 Å². The Kier molecular flexibility index (Phi) is 6.43. The van der Waals surface area contributed by atoms with Crippen molar-refractivity contribution < 1.29 is 18.3 Å². The third-order valence-electron chi connectivity index (χ3n) is 4.47. The highest BCUT2D eigenvalue weighted by molar-refractivity contribution is 9.10. The van der Waals surface area contributed by atoms with Crippen LogP contribution in [0.5, 0.6) is 5.88 Å². The zero-order valence-corrected chi connectivity index (χ0v) is 20.9. The Hall–Kier alpha value is -2.57. The highest BCUT2D eigenvalue weighted by Gasteiger charge is 2.22. The maximum absolute atomic E-state index is 12.5. The summed E-state index contributed by atoms with van der Waals surface area (Å²) in [5.74, 6) is -0.239. The molecule has 3 N–H and O–H groups in total. The number of halogens is 3. The molecule has 2 aromatic carbocycles. The van der Waals surface area contributed by atoms with Crippen LogP contribution in [0.4, 0.5) is 10.5 Å². The Morgan fingerprint density at radius 2 is 1.76 bits per heavy atom. The summed E-state index contributed by atoms with van der Waals surface area (Å²) in [4.78, 5) is 24.7. The molecule has 2 heterocycles. The molecule has 0 aliphatic carbocycles. The number of hydrogen-bond donors (Lipinski definition) is 3. The molecule has 170 valence electrons. The Bertz CT molecular complexity index is 1550. The van der Waals surface area contributed by atoms with E-state index in [2.05, 4.69) is 21.2 Å². The van der Waals surface area contributed by atoms with Gasteiger partial charge in [-0.05, 0) is 47.9 Å². The number of amides is 2. The van der Waals surface area contributed by atoms with Crippen molar-refractivity contribution in [3.8, 4) is 11.6 Å². The van der Waals surface area contributed by atoms with E-state index in [-0.39, 0.29) is 25.1 Å². The van der Waals surface area contributed by atoms with Gasteiger partial charge in [-0.25, -0.2) is 22.5 Å². The molecule has 0 saturated heterocycles. The van der Waals surface area contributed by atoms with Crippen LogP contribution in [0.25, 0.3) is 16.5 Å². The van der Waals surface area contributed by atoms with Crippen molar-refractivity contribution in [3.05, 3.63) is 78.8 Å². The molecule has 0 saturated carbocycles. The van der Waals surface area contributed by atoms with Crippen LogP contribution in [0, 0.1) is 0 Å². The van der Waals surface area contributed by atoms with Crippen molar-refractivity contribution in [2.24, 2.45) is 0 Å². The first-order valence-corrected chi connectivity index (χ1v) is 12.8. The third kappa shape index (κ3) is 4.87. The number of carbonyl (C=O) groups is 1. The van der Waals surface area contributed by atoms with Gasteiger partial charge < -0.3 is 10.4 Å². The van der Waals surface area contributed by atoms with Gasteiger partial charge in [0.25, 0.3) is 15.6 Å². The molecule has 8 nitrogen and oxygen atoms in total. The van der Waals surface area contributed by atoms with Crippen LogP contribution >= 0.6 is 50.5 Å². The van der Waals surface area contributed by atoms with Crippen molar-refractivity contribution in [3.63, 3.8) is 0 Å². The first kappa shape index (κ1) is 23.6. The molecule has 0 spiro atoms. The summed E-state index contributed by atoms with van der Waals surface area (Å²) in [6.07, 6.45) is 0. The predicted octanol–water partition coefficient (Wildman–Crippen LogP) is 5.34. The number of pyridine rings is 1. The van der Waals surface area contributed by atoms with Crippen molar-refractivity contribution in [2.75, 3.05) is 5.32 Å². The van der Waals surface area contributed by atoms with Crippen LogP contribution in [0.3, 0.4) is 0 Å².